The SMILES string of the molecule is O=C(C[C@H]([NH2+]CCO)C(=O)[O-])Nc1ccc2ccccc2c1. The maximum atomic E-state index is 11.9. The lowest BCUT2D eigenvalue weighted by Gasteiger charge is -2.15. The monoisotopic (exact) mass is 302 g/mol. The number of aliphatic carboxylic acids is 1. The number of aliphatic hydroxyl groups is 1. The Hall–Kier alpha value is -2.44. The molecular weight excluding hydrogens is 284 g/mol. The lowest BCUT2D eigenvalue weighted by Crippen LogP contribution is -2.94. The Labute approximate surface area is 127 Å². The van der Waals surface area contributed by atoms with Crippen LogP contribution in [0.3, 0.4) is 0 Å². The summed E-state index contributed by atoms with van der Waals surface area (Å²) in [6, 6.07) is 12.2. The van der Waals surface area contributed by atoms with E-state index in [1.807, 2.05) is 36.4 Å². The van der Waals surface area contributed by atoms with E-state index >= 15 is 0 Å². The van der Waals surface area contributed by atoms with Gasteiger partial charge in [0.25, 0.3) is 0 Å². The molecule has 6 heteroatoms. The molecule has 0 aliphatic carbocycles. The van der Waals surface area contributed by atoms with E-state index in [0.717, 1.165) is 10.8 Å². The van der Waals surface area contributed by atoms with E-state index in [1.54, 1.807) is 6.07 Å². The van der Waals surface area contributed by atoms with Gasteiger partial charge in [-0.05, 0) is 22.9 Å². The number of carboxylic acid groups (broad SMARTS) is 1. The summed E-state index contributed by atoms with van der Waals surface area (Å²) < 4.78 is 0. The number of hydrogen-bond acceptors (Lipinski definition) is 4. The zero-order valence-electron chi connectivity index (χ0n) is 12.0. The minimum atomic E-state index is -1.32. The fourth-order valence-electron chi connectivity index (χ4n) is 2.22. The van der Waals surface area contributed by atoms with Gasteiger partial charge in [-0.1, -0.05) is 30.3 Å². The van der Waals surface area contributed by atoms with Crippen molar-refractivity contribution in [3.63, 3.8) is 0 Å². The van der Waals surface area contributed by atoms with Gasteiger partial charge in [-0.25, -0.2) is 0 Å². The fourth-order valence-corrected chi connectivity index (χ4v) is 2.22. The molecule has 1 atom stereocenters. The molecule has 0 fully saturated rings. The summed E-state index contributed by atoms with van der Waals surface area (Å²) in [5.74, 6) is -1.72. The zero-order chi connectivity index (χ0) is 15.9. The Kier molecular flexibility index (Phi) is 5.46. The molecule has 0 bridgehead atoms. The second kappa shape index (κ2) is 7.53. The summed E-state index contributed by atoms with van der Waals surface area (Å²) in [5.41, 5.74) is 0.614. The molecule has 6 nitrogen and oxygen atoms in total. The molecule has 116 valence electrons. The Morgan fingerprint density at radius 3 is 2.59 bits per heavy atom. The third-order valence-corrected chi connectivity index (χ3v) is 3.32. The predicted molar refractivity (Wildman–Crippen MR) is 79.9 cm³/mol. The quantitative estimate of drug-likeness (QED) is 0.600. The van der Waals surface area contributed by atoms with Gasteiger partial charge in [0.05, 0.1) is 25.5 Å². The smallest absolute Gasteiger partial charge is 0.230 e. The molecule has 0 aromatic heterocycles. The first-order chi connectivity index (χ1) is 10.6. The first-order valence-corrected chi connectivity index (χ1v) is 7.04. The third kappa shape index (κ3) is 4.28. The number of anilines is 1. The van der Waals surface area contributed by atoms with Crippen molar-refractivity contribution in [1.29, 1.82) is 0 Å². The summed E-state index contributed by atoms with van der Waals surface area (Å²) in [4.78, 5) is 22.9. The number of amides is 1. The van der Waals surface area contributed by atoms with Crippen molar-refractivity contribution in [1.82, 2.24) is 0 Å². The number of benzene rings is 2. The summed E-state index contributed by atoms with van der Waals surface area (Å²) >= 11 is 0. The number of carboxylic acids is 1. The standard InChI is InChI=1S/C16H18N2O4/c19-8-7-17-14(16(21)22)10-15(20)18-13-6-5-11-3-1-2-4-12(11)9-13/h1-6,9,14,17,19H,7-8,10H2,(H,18,20)(H,21,22)/t14-/m0/s1. The molecule has 0 unspecified atom stereocenters. The number of fused-ring (bicyclic) bond motifs is 1. The van der Waals surface area contributed by atoms with Gasteiger partial charge >= 0.3 is 0 Å². The van der Waals surface area contributed by atoms with E-state index in [0.29, 0.717) is 5.69 Å². The second-order valence-electron chi connectivity index (χ2n) is 4.99. The van der Waals surface area contributed by atoms with Crippen molar-refractivity contribution < 1.29 is 25.1 Å². The Morgan fingerprint density at radius 2 is 1.91 bits per heavy atom. The molecule has 0 radical (unpaired) electrons. The number of nitrogens with two attached hydrogens (primary N) is 1. The van der Waals surface area contributed by atoms with Crippen molar-refractivity contribution >= 4 is 28.3 Å². The molecule has 0 heterocycles. The van der Waals surface area contributed by atoms with Gasteiger partial charge < -0.3 is 25.6 Å². The molecule has 0 aliphatic rings. The predicted octanol–water partition coefficient (Wildman–Crippen LogP) is -1.16. The van der Waals surface area contributed by atoms with E-state index in [1.165, 1.54) is 5.32 Å². The topological polar surface area (TPSA) is 106 Å². The molecule has 2 rings (SSSR count). The first kappa shape index (κ1) is 15.9. The lowest BCUT2D eigenvalue weighted by molar-refractivity contribution is -0.683. The van der Waals surface area contributed by atoms with Crippen molar-refractivity contribution in [3.05, 3.63) is 42.5 Å². The summed E-state index contributed by atoms with van der Waals surface area (Å²) in [5, 5.41) is 25.8. The van der Waals surface area contributed by atoms with Crippen LogP contribution in [-0.4, -0.2) is 36.2 Å². The van der Waals surface area contributed by atoms with Crippen LogP contribution in [0.25, 0.3) is 10.8 Å². The molecule has 2 aromatic carbocycles. The first-order valence-electron chi connectivity index (χ1n) is 7.04. The van der Waals surface area contributed by atoms with Crippen LogP contribution in [0.1, 0.15) is 6.42 Å². The van der Waals surface area contributed by atoms with Crippen LogP contribution in [0.15, 0.2) is 42.5 Å². The number of carbonyl (C=O) groups excluding carboxylic acids is 2. The second-order valence-corrected chi connectivity index (χ2v) is 4.99. The van der Waals surface area contributed by atoms with Crippen LogP contribution in [0.2, 0.25) is 0 Å². The lowest BCUT2D eigenvalue weighted by atomic mass is 10.1. The summed E-state index contributed by atoms with van der Waals surface area (Å²) in [6.07, 6.45) is -0.213. The highest BCUT2D eigenvalue weighted by molar-refractivity contribution is 5.96. The van der Waals surface area contributed by atoms with Crippen LogP contribution in [0.5, 0.6) is 0 Å². The van der Waals surface area contributed by atoms with E-state index in [2.05, 4.69) is 5.32 Å². The minimum Gasteiger partial charge on any atom is -0.544 e. The number of hydrogen-bond donors (Lipinski definition) is 3. The number of quaternary nitrogens is 1. The van der Waals surface area contributed by atoms with Crippen molar-refractivity contribution in [3.8, 4) is 0 Å². The highest BCUT2D eigenvalue weighted by Crippen LogP contribution is 2.18. The molecule has 1 amide bonds. The number of nitrogens with one attached hydrogen (secondary N) is 1. The number of aliphatic hydroxyl groups excluding tert-OH is 1. The van der Waals surface area contributed by atoms with Gasteiger partial charge in [0, 0.05) is 5.69 Å². The summed E-state index contributed by atoms with van der Waals surface area (Å²) in [6.45, 7) is 0.0535. The highest BCUT2D eigenvalue weighted by atomic mass is 16.4. The highest BCUT2D eigenvalue weighted by Gasteiger charge is 2.18. The van der Waals surface area contributed by atoms with Crippen LogP contribution >= 0.6 is 0 Å². The Bertz CT molecular complexity index is 672. The van der Waals surface area contributed by atoms with Gasteiger partial charge in [-0.3, -0.25) is 4.79 Å². The third-order valence-electron chi connectivity index (χ3n) is 3.32. The molecule has 0 saturated carbocycles. The molecule has 22 heavy (non-hydrogen) atoms. The van der Waals surface area contributed by atoms with Crippen molar-refractivity contribution in [2.45, 2.75) is 12.5 Å². The molecular formula is C16H18N2O4. The maximum absolute atomic E-state index is 11.9. The van der Waals surface area contributed by atoms with Crippen LogP contribution in [0, 0.1) is 0 Å². The van der Waals surface area contributed by atoms with E-state index in [-0.39, 0.29) is 19.6 Å². The number of carbonyl (C=O) groups is 2. The van der Waals surface area contributed by atoms with Crippen LogP contribution in [-0.2, 0) is 9.59 Å². The van der Waals surface area contributed by atoms with Gasteiger partial charge in [-0.2, -0.15) is 0 Å². The van der Waals surface area contributed by atoms with Crippen molar-refractivity contribution in [2.75, 3.05) is 18.5 Å². The van der Waals surface area contributed by atoms with E-state index in [4.69, 9.17) is 5.11 Å². The van der Waals surface area contributed by atoms with Gasteiger partial charge in [0.1, 0.15) is 6.04 Å². The van der Waals surface area contributed by atoms with Crippen molar-refractivity contribution in [2.24, 2.45) is 0 Å². The maximum Gasteiger partial charge on any atom is 0.230 e. The van der Waals surface area contributed by atoms with Crippen LogP contribution < -0.4 is 15.7 Å². The van der Waals surface area contributed by atoms with E-state index in [9.17, 15) is 14.7 Å². The average Bonchev–Trinajstić information content (AvgIpc) is 2.51. The van der Waals surface area contributed by atoms with Gasteiger partial charge in [0.2, 0.25) is 5.91 Å². The average molecular weight is 302 g/mol. The minimum absolute atomic E-state index is 0.157. The number of rotatable bonds is 7. The fraction of sp³-hybridized carbons (Fsp3) is 0.250. The van der Waals surface area contributed by atoms with Crippen LogP contribution in [0.4, 0.5) is 5.69 Å². The Balaban J connectivity index is 2.01. The van der Waals surface area contributed by atoms with Gasteiger partial charge in [0.15, 0.2) is 0 Å². The Morgan fingerprint density at radius 1 is 1.18 bits per heavy atom. The molecule has 2 aromatic rings. The zero-order valence-corrected chi connectivity index (χ0v) is 12.0. The normalized spacial score (nSPS) is 12.0. The van der Waals surface area contributed by atoms with E-state index < -0.39 is 17.9 Å². The largest absolute Gasteiger partial charge is 0.544 e. The molecule has 0 aliphatic heterocycles. The van der Waals surface area contributed by atoms with Gasteiger partial charge in [-0.15, -0.1) is 0 Å². The summed E-state index contributed by atoms with van der Waals surface area (Å²) in [7, 11) is 0. The molecule has 4 N–H and O–H groups in total. The molecule has 0 saturated heterocycles. The molecule has 0 spiro atoms.